The Hall–Kier alpha value is -1.44. The van der Waals surface area contributed by atoms with Crippen molar-refractivity contribution in [1.82, 2.24) is 0 Å². The van der Waals surface area contributed by atoms with E-state index in [0.29, 0.717) is 25.7 Å². The lowest BCUT2D eigenvalue weighted by Crippen LogP contribution is -2.47. The van der Waals surface area contributed by atoms with Crippen LogP contribution in [0, 0.1) is 11.8 Å². The number of hydrogen-bond donors (Lipinski definition) is 1. The summed E-state index contributed by atoms with van der Waals surface area (Å²) in [6.45, 7) is -1.52. The average molecular weight is 473 g/mol. The van der Waals surface area contributed by atoms with Gasteiger partial charge >= 0.3 is 17.2 Å². The third-order valence-corrected chi connectivity index (χ3v) is 7.27. The van der Waals surface area contributed by atoms with Crippen LogP contribution in [-0.4, -0.2) is 72.5 Å². The van der Waals surface area contributed by atoms with Gasteiger partial charge in [0, 0.05) is 18.8 Å². The quantitative estimate of drug-likeness (QED) is 0.384. The zero-order chi connectivity index (χ0) is 23.0. The van der Waals surface area contributed by atoms with E-state index in [1.165, 1.54) is 0 Å². The Labute approximate surface area is 177 Å². The summed E-state index contributed by atoms with van der Waals surface area (Å²) in [5, 5.41) is 5.79. The van der Waals surface area contributed by atoms with Gasteiger partial charge in [0.05, 0.1) is 24.2 Å². The molecule has 0 spiro atoms. The second-order valence-electron chi connectivity index (χ2n) is 8.31. The first-order chi connectivity index (χ1) is 14.3. The second kappa shape index (κ2) is 8.83. The largest absolute Gasteiger partial charge is 0.743 e. The molecule has 1 aliphatic heterocycles. The normalized spacial score (nSPS) is 31.3. The lowest BCUT2D eigenvalue weighted by molar-refractivity contribution is -0.158. The number of rotatable bonds is 9. The van der Waals surface area contributed by atoms with Crippen LogP contribution in [0.2, 0.25) is 0 Å². The lowest BCUT2D eigenvalue weighted by Gasteiger charge is -2.40. The summed E-state index contributed by atoms with van der Waals surface area (Å²) in [6.07, 6.45) is -2.30. The average Bonchev–Trinajstić information content (AvgIpc) is 3.25. The van der Waals surface area contributed by atoms with Crippen molar-refractivity contribution in [2.75, 3.05) is 13.2 Å². The molecule has 2 saturated carbocycles. The highest BCUT2D eigenvalue weighted by molar-refractivity contribution is 7.86. The predicted octanol–water partition coefficient (Wildman–Crippen LogP) is 1.04. The molecule has 178 valence electrons. The van der Waals surface area contributed by atoms with Crippen LogP contribution >= 0.6 is 0 Å². The van der Waals surface area contributed by atoms with Crippen molar-refractivity contribution in [3.8, 4) is 0 Å². The summed E-state index contributed by atoms with van der Waals surface area (Å²) in [7, 11) is -6.19. The van der Waals surface area contributed by atoms with Crippen LogP contribution in [0.1, 0.15) is 44.9 Å². The zero-order valence-electron chi connectivity index (χ0n) is 16.5. The van der Waals surface area contributed by atoms with Gasteiger partial charge in [0.2, 0.25) is 0 Å². The fourth-order valence-electron chi connectivity index (χ4n) is 4.70. The first kappa shape index (κ1) is 24.2. The molecule has 31 heavy (non-hydrogen) atoms. The van der Waals surface area contributed by atoms with Crippen LogP contribution in [-0.2, 0) is 33.9 Å². The standard InChI is InChI=1S/C18H25F3O9S/c19-14(18(20,21)31(25,26)27)3-6-28-15(22)9-29-12-8-11(17(24)4-1-2-5-17)10-7-13(12)30-16(10)23/h10-14,24H,1-9H2,(H,25,26,27)/p-1. The van der Waals surface area contributed by atoms with E-state index in [-0.39, 0.29) is 5.92 Å². The number of hydrogen-bond acceptors (Lipinski definition) is 9. The highest BCUT2D eigenvalue weighted by Gasteiger charge is 2.56. The number of alkyl halides is 3. The van der Waals surface area contributed by atoms with Gasteiger partial charge in [-0.15, -0.1) is 0 Å². The number of aliphatic hydroxyl groups is 1. The van der Waals surface area contributed by atoms with Crippen molar-refractivity contribution in [3.05, 3.63) is 0 Å². The van der Waals surface area contributed by atoms with Gasteiger partial charge in [0.1, 0.15) is 12.7 Å². The SMILES string of the molecule is O=C(COC1CC(C2(O)CCCC2)C2CC1OC2=O)OCCC(F)C(F)(F)S(=O)(=O)[O-]. The molecule has 0 amide bonds. The van der Waals surface area contributed by atoms with E-state index in [0.717, 1.165) is 12.8 Å². The van der Waals surface area contributed by atoms with Gasteiger partial charge < -0.3 is 23.9 Å². The maximum absolute atomic E-state index is 13.3. The predicted molar refractivity (Wildman–Crippen MR) is 94.4 cm³/mol. The van der Waals surface area contributed by atoms with Gasteiger partial charge in [-0.3, -0.25) is 4.79 Å². The molecular weight excluding hydrogens is 449 g/mol. The number of ether oxygens (including phenoxy) is 3. The van der Waals surface area contributed by atoms with Gasteiger partial charge in [0.25, 0.3) is 0 Å². The smallest absolute Gasteiger partial charge is 0.364 e. The van der Waals surface area contributed by atoms with E-state index in [1.54, 1.807) is 0 Å². The molecule has 1 saturated heterocycles. The number of carbonyl (C=O) groups excluding carboxylic acids is 2. The number of halogens is 3. The fraction of sp³-hybridized carbons (Fsp3) is 0.889. The number of fused-ring (bicyclic) bond motifs is 2. The molecule has 2 aliphatic carbocycles. The van der Waals surface area contributed by atoms with Gasteiger partial charge in [-0.25, -0.2) is 17.6 Å². The van der Waals surface area contributed by atoms with Crippen LogP contribution in [0.4, 0.5) is 13.2 Å². The summed E-state index contributed by atoms with van der Waals surface area (Å²) in [4.78, 5) is 24.0. The minimum Gasteiger partial charge on any atom is -0.743 e. The molecule has 3 fully saturated rings. The Morgan fingerprint density at radius 3 is 2.58 bits per heavy atom. The lowest BCUT2D eigenvalue weighted by atomic mass is 9.69. The zero-order valence-corrected chi connectivity index (χ0v) is 17.3. The van der Waals surface area contributed by atoms with Crippen LogP contribution in [0.15, 0.2) is 0 Å². The van der Waals surface area contributed by atoms with Crippen molar-refractivity contribution in [3.63, 3.8) is 0 Å². The molecule has 1 N–H and O–H groups in total. The van der Waals surface area contributed by atoms with Gasteiger partial charge in [0.15, 0.2) is 16.3 Å². The van der Waals surface area contributed by atoms with Crippen molar-refractivity contribution in [2.24, 2.45) is 11.8 Å². The van der Waals surface area contributed by atoms with Crippen LogP contribution in [0.25, 0.3) is 0 Å². The van der Waals surface area contributed by atoms with E-state index in [1.807, 2.05) is 0 Å². The van der Waals surface area contributed by atoms with Gasteiger partial charge in [-0.1, -0.05) is 12.8 Å². The monoisotopic (exact) mass is 473 g/mol. The summed E-state index contributed by atoms with van der Waals surface area (Å²) in [5.41, 5.74) is -0.996. The molecule has 2 bridgehead atoms. The Morgan fingerprint density at radius 2 is 1.97 bits per heavy atom. The topological polar surface area (TPSA) is 139 Å². The molecule has 0 aromatic heterocycles. The van der Waals surface area contributed by atoms with Gasteiger partial charge in [-0.05, 0) is 19.3 Å². The highest BCUT2D eigenvalue weighted by Crippen LogP contribution is 2.49. The third kappa shape index (κ3) is 4.99. The fourth-order valence-corrected chi connectivity index (χ4v) is 5.13. The molecule has 3 rings (SSSR count). The Kier molecular flexibility index (Phi) is 6.90. The summed E-state index contributed by atoms with van der Waals surface area (Å²) >= 11 is 0. The van der Waals surface area contributed by atoms with E-state index in [4.69, 9.17) is 9.47 Å². The molecule has 5 unspecified atom stereocenters. The molecule has 5 atom stereocenters. The Morgan fingerprint density at radius 1 is 1.32 bits per heavy atom. The molecule has 0 aromatic carbocycles. The molecular formula is C18H24F3O9S-. The van der Waals surface area contributed by atoms with Crippen molar-refractivity contribution in [1.29, 1.82) is 0 Å². The maximum atomic E-state index is 13.3. The molecule has 0 aromatic rings. The molecule has 1 heterocycles. The van der Waals surface area contributed by atoms with E-state index < -0.39 is 76.8 Å². The van der Waals surface area contributed by atoms with E-state index in [2.05, 4.69) is 4.74 Å². The Bertz CT molecular complexity index is 797. The first-order valence-corrected chi connectivity index (χ1v) is 11.4. The second-order valence-corrected chi connectivity index (χ2v) is 9.77. The van der Waals surface area contributed by atoms with Crippen molar-refractivity contribution >= 4 is 22.1 Å². The summed E-state index contributed by atoms with van der Waals surface area (Å²) in [6, 6.07) is 0. The molecule has 0 radical (unpaired) electrons. The van der Waals surface area contributed by atoms with Gasteiger partial charge in [-0.2, -0.15) is 8.78 Å². The van der Waals surface area contributed by atoms with Crippen molar-refractivity contribution in [2.45, 2.75) is 74.2 Å². The van der Waals surface area contributed by atoms with E-state index >= 15 is 0 Å². The minimum absolute atomic E-state index is 0.297. The molecule has 13 heteroatoms. The van der Waals surface area contributed by atoms with Crippen LogP contribution < -0.4 is 0 Å². The third-order valence-electron chi connectivity index (χ3n) is 6.35. The highest BCUT2D eigenvalue weighted by atomic mass is 32.2. The maximum Gasteiger partial charge on any atom is 0.364 e. The van der Waals surface area contributed by atoms with Crippen LogP contribution in [0.3, 0.4) is 0 Å². The summed E-state index contributed by atoms with van der Waals surface area (Å²) in [5.74, 6) is -2.23. The number of esters is 2. The number of carbonyl (C=O) groups is 2. The Balaban J connectivity index is 1.48. The molecule has 9 nitrogen and oxygen atoms in total. The van der Waals surface area contributed by atoms with Crippen LogP contribution in [0.5, 0.6) is 0 Å². The first-order valence-electron chi connectivity index (χ1n) is 10.0. The minimum atomic E-state index is -6.19. The van der Waals surface area contributed by atoms with Crippen molar-refractivity contribution < 1.29 is 55.0 Å². The summed E-state index contributed by atoms with van der Waals surface area (Å²) < 4.78 is 85.9. The molecule has 3 aliphatic rings. The van der Waals surface area contributed by atoms with E-state index in [9.17, 15) is 40.8 Å².